The van der Waals surface area contributed by atoms with E-state index in [4.69, 9.17) is 0 Å². The Balaban J connectivity index is 2.15. The molecule has 0 fully saturated rings. The van der Waals surface area contributed by atoms with Gasteiger partial charge in [0.1, 0.15) is 0 Å². The topological polar surface area (TPSA) is 63.2 Å². The van der Waals surface area contributed by atoms with E-state index in [9.17, 15) is 26.4 Å². The van der Waals surface area contributed by atoms with Crippen LogP contribution in [0.25, 0.3) is 0 Å². The molecule has 8 heteroatoms. The maximum atomic E-state index is 13.3. The summed E-state index contributed by atoms with van der Waals surface area (Å²) < 4.78 is 63.4. The molecule has 0 aliphatic heterocycles. The van der Waals surface area contributed by atoms with E-state index in [-0.39, 0.29) is 34.2 Å². The van der Waals surface area contributed by atoms with Crippen LogP contribution in [-0.4, -0.2) is 20.1 Å². The number of carbonyl (C=O) groups is 1. The summed E-state index contributed by atoms with van der Waals surface area (Å²) >= 11 is 0. The van der Waals surface area contributed by atoms with Gasteiger partial charge < -0.3 is 5.32 Å². The Hall–Kier alpha value is -2.35. The molecule has 152 valence electrons. The summed E-state index contributed by atoms with van der Waals surface area (Å²) in [4.78, 5) is 12.4. The monoisotopic (exact) mass is 413 g/mol. The van der Waals surface area contributed by atoms with Crippen LogP contribution < -0.4 is 5.32 Å². The van der Waals surface area contributed by atoms with Gasteiger partial charge in [0.25, 0.3) is 0 Å². The quantitative estimate of drug-likeness (QED) is 0.740. The Kier molecular flexibility index (Phi) is 6.54. The smallest absolute Gasteiger partial charge is 0.326 e. The second kappa shape index (κ2) is 8.34. The van der Waals surface area contributed by atoms with Crippen molar-refractivity contribution in [2.75, 3.05) is 11.1 Å². The van der Waals surface area contributed by atoms with Gasteiger partial charge >= 0.3 is 6.18 Å². The summed E-state index contributed by atoms with van der Waals surface area (Å²) in [7, 11) is -3.33. The van der Waals surface area contributed by atoms with Crippen molar-refractivity contribution >= 4 is 21.4 Å². The highest BCUT2D eigenvalue weighted by atomic mass is 32.2. The van der Waals surface area contributed by atoms with Gasteiger partial charge in [-0.3, -0.25) is 4.79 Å². The molecular formula is C20H22F3NO3S. The van der Waals surface area contributed by atoms with Crippen LogP contribution in [0.15, 0.2) is 47.4 Å². The van der Waals surface area contributed by atoms with E-state index >= 15 is 0 Å². The molecule has 0 aliphatic carbocycles. The molecule has 0 radical (unpaired) electrons. The molecule has 2 aromatic carbocycles. The summed E-state index contributed by atoms with van der Waals surface area (Å²) in [6, 6.07) is 9.62. The Morgan fingerprint density at radius 2 is 1.68 bits per heavy atom. The largest absolute Gasteiger partial charge is 0.416 e. The van der Waals surface area contributed by atoms with Crippen LogP contribution in [0.3, 0.4) is 0 Å². The lowest BCUT2D eigenvalue weighted by atomic mass is 9.96. The summed E-state index contributed by atoms with van der Waals surface area (Å²) in [6.07, 6.45) is -4.60. The summed E-state index contributed by atoms with van der Waals surface area (Å²) in [5.41, 5.74) is 0.0157. The molecule has 1 amide bonds. The summed E-state index contributed by atoms with van der Waals surface area (Å²) in [6.45, 7) is 4.88. The Morgan fingerprint density at radius 1 is 1.07 bits per heavy atom. The number of hydrogen-bond donors (Lipinski definition) is 1. The second-order valence-electron chi connectivity index (χ2n) is 6.73. The first kappa shape index (κ1) is 21.9. The number of benzene rings is 2. The maximum Gasteiger partial charge on any atom is 0.416 e. The van der Waals surface area contributed by atoms with E-state index in [1.807, 2.05) is 0 Å². The normalized spacial score (nSPS) is 12.2. The van der Waals surface area contributed by atoms with E-state index < -0.39 is 27.5 Å². The van der Waals surface area contributed by atoms with E-state index in [2.05, 4.69) is 5.32 Å². The van der Waals surface area contributed by atoms with Gasteiger partial charge in [0, 0.05) is 5.69 Å². The second-order valence-corrected chi connectivity index (χ2v) is 9.01. The van der Waals surface area contributed by atoms with Crippen molar-refractivity contribution in [1.29, 1.82) is 0 Å². The van der Waals surface area contributed by atoms with Crippen molar-refractivity contribution in [1.82, 2.24) is 0 Å². The van der Waals surface area contributed by atoms with Gasteiger partial charge in [0.2, 0.25) is 5.91 Å². The molecule has 0 bridgehead atoms. The lowest BCUT2D eigenvalue weighted by molar-refractivity contribution is -0.138. The van der Waals surface area contributed by atoms with Crippen molar-refractivity contribution in [3.8, 4) is 0 Å². The Morgan fingerprint density at radius 3 is 2.18 bits per heavy atom. The predicted octanol–water partition coefficient (Wildman–Crippen LogP) is 4.80. The third-order valence-electron chi connectivity index (χ3n) is 4.29. The first-order chi connectivity index (χ1) is 12.9. The number of hydrogen-bond acceptors (Lipinski definition) is 3. The number of amides is 1. The Labute approximate surface area is 162 Å². The molecule has 0 saturated carbocycles. The zero-order chi connectivity index (χ0) is 21.1. The molecule has 0 unspecified atom stereocenters. The van der Waals surface area contributed by atoms with Gasteiger partial charge in [0.05, 0.1) is 22.6 Å². The van der Waals surface area contributed by atoms with Crippen molar-refractivity contribution in [2.24, 2.45) is 0 Å². The van der Waals surface area contributed by atoms with Gasteiger partial charge in [-0.1, -0.05) is 39.0 Å². The fourth-order valence-electron chi connectivity index (χ4n) is 2.75. The van der Waals surface area contributed by atoms with Crippen LogP contribution in [-0.2, 0) is 27.2 Å². The lowest BCUT2D eigenvalue weighted by Crippen LogP contribution is -2.16. The van der Waals surface area contributed by atoms with Crippen LogP contribution in [0.4, 0.5) is 18.9 Å². The average Bonchev–Trinajstić information content (AvgIpc) is 2.61. The molecule has 2 aromatic rings. The molecule has 0 atom stereocenters. The van der Waals surface area contributed by atoms with E-state index in [1.165, 1.54) is 43.3 Å². The maximum absolute atomic E-state index is 13.3. The SMILES string of the molecule is CCS(=O)(=O)c1ccc(CC(=O)Nc2ccc(C(C)C)c(C(F)(F)F)c2)cc1. The Bertz CT molecular complexity index is 950. The van der Waals surface area contributed by atoms with Crippen molar-refractivity contribution in [3.05, 3.63) is 59.2 Å². The van der Waals surface area contributed by atoms with Gasteiger partial charge in [-0.05, 0) is 41.3 Å². The molecule has 4 nitrogen and oxygen atoms in total. The predicted molar refractivity (Wildman–Crippen MR) is 102 cm³/mol. The van der Waals surface area contributed by atoms with Crippen LogP contribution in [0, 0.1) is 0 Å². The molecule has 0 saturated heterocycles. The van der Waals surface area contributed by atoms with E-state index in [1.54, 1.807) is 13.8 Å². The third-order valence-corrected chi connectivity index (χ3v) is 6.04. The third kappa shape index (κ3) is 5.34. The number of sulfone groups is 1. The highest BCUT2D eigenvalue weighted by Crippen LogP contribution is 2.36. The van der Waals surface area contributed by atoms with Crippen molar-refractivity contribution in [2.45, 2.75) is 44.2 Å². The molecule has 0 aromatic heterocycles. The van der Waals surface area contributed by atoms with Gasteiger partial charge in [0.15, 0.2) is 9.84 Å². The molecule has 28 heavy (non-hydrogen) atoms. The van der Waals surface area contributed by atoms with Crippen LogP contribution in [0.5, 0.6) is 0 Å². The fraction of sp³-hybridized carbons (Fsp3) is 0.350. The van der Waals surface area contributed by atoms with Crippen LogP contribution in [0.2, 0.25) is 0 Å². The van der Waals surface area contributed by atoms with Crippen LogP contribution >= 0.6 is 0 Å². The van der Waals surface area contributed by atoms with E-state index in [0.717, 1.165) is 6.07 Å². The minimum Gasteiger partial charge on any atom is -0.326 e. The van der Waals surface area contributed by atoms with E-state index in [0.29, 0.717) is 5.56 Å². The highest BCUT2D eigenvalue weighted by molar-refractivity contribution is 7.91. The van der Waals surface area contributed by atoms with Crippen LogP contribution in [0.1, 0.15) is 43.4 Å². The van der Waals surface area contributed by atoms with Gasteiger partial charge in [-0.15, -0.1) is 0 Å². The number of carbonyl (C=O) groups excluding carboxylic acids is 1. The zero-order valence-electron chi connectivity index (χ0n) is 15.8. The molecule has 0 spiro atoms. The summed E-state index contributed by atoms with van der Waals surface area (Å²) in [5, 5.41) is 2.47. The average molecular weight is 413 g/mol. The highest BCUT2D eigenvalue weighted by Gasteiger charge is 2.34. The molecule has 0 aliphatic rings. The first-order valence-corrected chi connectivity index (χ1v) is 10.4. The molecule has 0 heterocycles. The standard InChI is InChI=1S/C20H22F3NO3S/c1-4-28(26,27)16-8-5-14(6-9-16)11-19(25)24-15-7-10-17(13(2)3)18(12-15)20(21,22)23/h5-10,12-13H,4,11H2,1-3H3,(H,24,25). The first-order valence-electron chi connectivity index (χ1n) is 8.76. The summed E-state index contributed by atoms with van der Waals surface area (Å²) in [5.74, 6) is -0.823. The zero-order valence-corrected chi connectivity index (χ0v) is 16.6. The molecule has 2 rings (SSSR count). The number of nitrogens with one attached hydrogen (secondary N) is 1. The minimum absolute atomic E-state index is 0.0270. The number of rotatable bonds is 6. The van der Waals surface area contributed by atoms with Gasteiger partial charge in [-0.2, -0.15) is 13.2 Å². The molecular weight excluding hydrogens is 391 g/mol. The number of alkyl halides is 3. The van der Waals surface area contributed by atoms with Gasteiger partial charge in [-0.25, -0.2) is 8.42 Å². The lowest BCUT2D eigenvalue weighted by Gasteiger charge is -2.17. The van der Waals surface area contributed by atoms with Crippen molar-refractivity contribution in [3.63, 3.8) is 0 Å². The van der Waals surface area contributed by atoms with Crippen molar-refractivity contribution < 1.29 is 26.4 Å². The number of anilines is 1. The minimum atomic E-state index is -4.51. The number of halogens is 3. The fourth-order valence-corrected chi connectivity index (χ4v) is 3.64. The molecule has 1 N–H and O–H groups in total.